The van der Waals surface area contributed by atoms with Crippen LogP contribution in [0, 0.1) is 5.92 Å². The van der Waals surface area contributed by atoms with Gasteiger partial charge in [-0.15, -0.1) is 0 Å². The minimum absolute atomic E-state index is 0.00440. The molecule has 2 aromatic rings. The van der Waals surface area contributed by atoms with E-state index in [2.05, 4.69) is 16.9 Å². The molecule has 0 bridgehead atoms. The minimum atomic E-state index is -3.22. The average Bonchev–Trinajstić information content (AvgIpc) is 3.51. The molecular weight excluding hydrogens is 420 g/mol. The number of sulfonamides is 1. The number of likely N-dealkylation sites (tertiary alicyclic amines) is 1. The predicted octanol–water partition coefficient (Wildman–Crippen LogP) is 4.04. The standard InChI is InChI=1S/C23H27ClN2O3S/c1-30(28,29)25-18-8-5-12-26(13-11-18)23(27)22-15-21(22)20-10-3-2-9-19(20)16-6-4-7-17(24)14-16/h2-4,6-7,9-10,14,18,21-22,25H,5,8,11-13,15H2,1H3/t18-,21-,22+/m0/s1. The molecule has 1 heterocycles. The Morgan fingerprint density at radius 3 is 2.67 bits per heavy atom. The van der Waals surface area contributed by atoms with Crippen molar-refractivity contribution in [3.63, 3.8) is 0 Å². The van der Waals surface area contributed by atoms with Gasteiger partial charge in [0.25, 0.3) is 0 Å². The monoisotopic (exact) mass is 446 g/mol. The van der Waals surface area contributed by atoms with E-state index in [4.69, 9.17) is 11.6 Å². The number of carbonyl (C=O) groups excluding carboxylic acids is 1. The maximum atomic E-state index is 13.2. The van der Waals surface area contributed by atoms with E-state index in [1.807, 2.05) is 41.3 Å². The molecule has 0 aromatic heterocycles. The van der Waals surface area contributed by atoms with Gasteiger partial charge >= 0.3 is 0 Å². The summed E-state index contributed by atoms with van der Waals surface area (Å²) in [6.07, 6.45) is 4.29. The molecule has 30 heavy (non-hydrogen) atoms. The number of halogens is 1. The van der Waals surface area contributed by atoms with Crippen molar-refractivity contribution < 1.29 is 13.2 Å². The lowest BCUT2D eigenvalue weighted by Gasteiger charge is -2.21. The molecule has 1 amide bonds. The molecule has 1 saturated carbocycles. The highest BCUT2D eigenvalue weighted by Gasteiger charge is 2.46. The first-order chi connectivity index (χ1) is 14.3. The highest BCUT2D eigenvalue weighted by Crippen LogP contribution is 2.51. The topological polar surface area (TPSA) is 66.5 Å². The number of hydrogen-bond donors (Lipinski definition) is 1. The molecule has 4 rings (SSSR count). The van der Waals surface area contributed by atoms with Crippen LogP contribution < -0.4 is 4.72 Å². The smallest absolute Gasteiger partial charge is 0.226 e. The molecule has 160 valence electrons. The zero-order chi connectivity index (χ0) is 21.3. The summed E-state index contributed by atoms with van der Waals surface area (Å²) in [4.78, 5) is 15.1. The Labute approximate surface area is 183 Å². The molecule has 2 fully saturated rings. The van der Waals surface area contributed by atoms with Crippen molar-refractivity contribution in [2.75, 3.05) is 19.3 Å². The first kappa shape index (κ1) is 21.3. The Kier molecular flexibility index (Phi) is 6.19. The Morgan fingerprint density at radius 1 is 1.10 bits per heavy atom. The molecule has 1 N–H and O–H groups in total. The number of amides is 1. The Hall–Kier alpha value is -1.89. The first-order valence-corrected chi connectivity index (χ1v) is 12.7. The Balaban J connectivity index is 1.45. The first-order valence-electron chi connectivity index (χ1n) is 10.4. The number of nitrogens with one attached hydrogen (secondary N) is 1. The predicted molar refractivity (Wildman–Crippen MR) is 120 cm³/mol. The van der Waals surface area contributed by atoms with Crippen LogP contribution >= 0.6 is 11.6 Å². The van der Waals surface area contributed by atoms with Crippen molar-refractivity contribution in [1.82, 2.24) is 9.62 Å². The van der Waals surface area contributed by atoms with Crippen molar-refractivity contribution in [1.29, 1.82) is 0 Å². The average molecular weight is 447 g/mol. The van der Waals surface area contributed by atoms with Crippen LogP contribution in [0.2, 0.25) is 5.02 Å². The summed E-state index contributed by atoms with van der Waals surface area (Å²) in [5.74, 6) is 0.423. The summed E-state index contributed by atoms with van der Waals surface area (Å²) in [5.41, 5.74) is 3.40. The molecule has 5 nitrogen and oxygen atoms in total. The van der Waals surface area contributed by atoms with Gasteiger partial charge < -0.3 is 4.90 Å². The second-order valence-electron chi connectivity index (χ2n) is 8.39. The van der Waals surface area contributed by atoms with Crippen LogP contribution in [-0.4, -0.2) is 44.6 Å². The summed E-state index contributed by atoms with van der Waals surface area (Å²) in [7, 11) is -3.22. The minimum Gasteiger partial charge on any atom is -0.342 e. The van der Waals surface area contributed by atoms with Crippen molar-refractivity contribution in [2.45, 2.75) is 37.6 Å². The zero-order valence-corrected chi connectivity index (χ0v) is 18.6. The summed E-state index contributed by atoms with van der Waals surface area (Å²) in [6.45, 7) is 1.30. The zero-order valence-electron chi connectivity index (χ0n) is 17.1. The van der Waals surface area contributed by atoms with Gasteiger partial charge in [-0.3, -0.25) is 4.79 Å². The van der Waals surface area contributed by atoms with Gasteiger partial charge in [-0.1, -0.05) is 48.0 Å². The molecule has 0 spiro atoms. The molecular formula is C23H27ClN2O3S. The van der Waals surface area contributed by atoms with Crippen LogP contribution in [0.3, 0.4) is 0 Å². The summed E-state index contributed by atoms with van der Waals surface area (Å²) in [5, 5.41) is 0.701. The molecule has 3 atom stereocenters. The van der Waals surface area contributed by atoms with Gasteiger partial charge in [-0.2, -0.15) is 0 Å². The van der Waals surface area contributed by atoms with Gasteiger partial charge in [0, 0.05) is 30.1 Å². The Bertz CT molecular complexity index is 1040. The molecule has 2 aliphatic rings. The lowest BCUT2D eigenvalue weighted by molar-refractivity contribution is -0.132. The van der Waals surface area contributed by atoms with Gasteiger partial charge in [0.05, 0.1) is 6.26 Å². The third-order valence-electron chi connectivity index (χ3n) is 6.02. The van der Waals surface area contributed by atoms with Crippen LogP contribution in [0.4, 0.5) is 0 Å². The van der Waals surface area contributed by atoms with Crippen molar-refractivity contribution >= 4 is 27.5 Å². The van der Waals surface area contributed by atoms with E-state index in [-0.39, 0.29) is 23.8 Å². The van der Waals surface area contributed by atoms with Gasteiger partial charge in [-0.05, 0) is 60.4 Å². The van der Waals surface area contributed by atoms with E-state index >= 15 is 0 Å². The molecule has 1 aliphatic carbocycles. The van der Waals surface area contributed by atoms with Crippen LogP contribution in [0.1, 0.15) is 37.2 Å². The summed E-state index contributed by atoms with van der Waals surface area (Å²) < 4.78 is 25.7. The third-order valence-corrected chi connectivity index (χ3v) is 7.02. The lowest BCUT2D eigenvalue weighted by atomic mass is 9.96. The van der Waals surface area contributed by atoms with Gasteiger partial charge in [-0.25, -0.2) is 13.1 Å². The maximum Gasteiger partial charge on any atom is 0.226 e. The summed E-state index contributed by atoms with van der Waals surface area (Å²) >= 11 is 6.19. The molecule has 0 unspecified atom stereocenters. The molecule has 0 radical (unpaired) electrons. The molecule has 7 heteroatoms. The quantitative estimate of drug-likeness (QED) is 0.753. The number of carbonyl (C=O) groups is 1. The molecule has 2 aromatic carbocycles. The fourth-order valence-corrected chi connectivity index (χ4v) is 5.55. The van der Waals surface area contributed by atoms with E-state index in [9.17, 15) is 13.2 Å². The van der Waals surface area contributed by atoms with E-state index in [1.54, 1.807) is 0 Å². The van der Waals surface area contributed by atoms with Crippen LogP contribution in [0.5, 0.6) is 0 Å². The lowest BCUT2D eigenvalue weighted by Crippen LogP contribution is -2.36. The molecule has 1 aliphatic heterocycles. The highest BCUT2D eigenvalue weighted by molar-refractivity contribution is 7.88. The van der Waals surface area contributed by atoms with Crippen LogP contribution in [-0.2, 0) is 14.8 Å². The highest BCUT2D eigenvalue weighted by atomic mass is 35.5. The van der Waals surface area contributed by atoms with E-state index in [0.29, 0.717) is 24.5 Å². The van der Waals surface area contributed by atoms with Crippen molar-refractivity contribution in [3.8, 4) is 11.1 Å². The summed E-state index contributed by atoms with van der Waals surface area (Å²) in [6, 6.07) is 16.0. The number of benzene rings is 2. The number of rotatable bonds is 5. The maximum absolute atomic E-state index is 13.2. The van der Waals surface area contributed by atoms with Crippen LogP contribution in [0.25, 0.3) is 11.1 Å². The van der Waals surface area contributed by atoms with Gasteiger partial charge in [0.1, 0.15) is 0 Å². The largest absolute Gasteiger partial charge is 0.342 e. The molecule has 1 saturated heterocycles. The third kappa shape index (κ3) is 5.05. The normalized spacial score (nSPS) is 24.3. The second kappa shape index (κ2) is 8.69. The van der Waals surface area contributed by atoms with E-state index < -0.39 is 10.0 Å². The number of nitrogens with zero attached hydrogens (tertiary/aromatic N) is 1. The van der Waals surface area contributed by atoms with Crippen molar-refractivity contribution in [3.05, 3.63) is 59.1 Å². The SMILES string of the molecule is CS(=O)(=O)N[C@H]1CCCN(C(=O)[C@@H]2C[C@H]2c2ccccc2-c2cccc(Cl)c2)CC1. The van der Waals surface area contributed by atoms with Crippen LogP contribution in [0.15, 0.2) is 48.5 Å². The van der Waals surface area contributed by atoms with Gasteiger partial charge in [0.15, 0.2) is 0 Å². The van der Waals surface area contributed by atoms with Gasteiger partial charge in [0.2, 0.25) is 15.9 Å². The second-order valence-corrected chi connectivity index (χ2v) is 10.6. The number of hydrogen-bond acceptors (Lipinski definition) is 3. The van der Waals surface area contributed by atoms with Crippen molar-refractivity contribution in [2.24, 2.45) is 5.92 Å². The van der Waals surface area contributed by atoms with E-state index in [0.717, 1.165) is 30.4 Å². The fourth-order valence-electron chi connectivity index (χ4n) is 4.52. The fraction of sp³-hybridized carbons (Fsp3) is 0.435. The Morgan fingerprint density at radius 2 is 1.90 bits per heavy atom. The van der Waals surface area contributed by atoms with E-state index in [1.165, 1.54) is 11.8 Å².